The number of ether oxygens (including phenoxy) is 1. The van der Waals surface area contributed by atoms with Crippen molar-refractivity contribution in [3.63, 3.8) is 0 Å². The molecule has 21 heavy (non-hydrogen) atoms. The Labute approximate surface area is 147 Å². The molecule has 0 radical (unpaired) electrons. The molecule has 1 unspecified atom stereocenters. The highest BCUT2D eigenvalue weighted by atomic mass is 127. The van der Waals surface area contributed by atoms with Gasteiger partial charge in [0.25, 0.3) is 0 Å². The van der Waals surface area contributed by atoms with E-state index >= 15 is 0 Å². The fourth-order valence-corrected chi connectivity index (χ4v) is 2.56. The largest absolute Gasteiger partial charge is 0.376 e. The molecule has 0 spiro atoms. The molecule has 1 aliphatic rings. The average Bonchev–Trinajstić information content (AvgIpc) is 2.84. The second-order valence-corrected chi connectivity index (χ2v) is 6.61. The molecule has 0 amide bonds. The molecule has 0 bridgehead atoms. The first kappa shape index (κ1) is 20.9. The van der Waals surface area contributed by atoms with E-state index in [4.69, 9.17) is 9.73 Å². The third kappa shape index (κ3) is 9.52. The maximum atomic E-state index is 5.63. The fourth-order valence-electron chi connectivity index (χ4n) is 2.56. The lowest BCUT2D eigenvalue weighted by atomic mass is 9.93. The Morgan fingerprint density at radius 2 is 2.05 bits per heavy atom. The minimum atomic E-state index is 0. The van der Waals surface area contributed by atoms with Crippen LogP contribution in [0.1, 0.15) is 33.6 Å². The van der Waals surface area contributed by atoms with Crippen LogP contribution >= 0.6 is 24.0 Å². The van der Waals surface area contributed by atoms with Crippen molar-refractivity contribution in [2.45, 2.75) is 39.7 Å². The maximum Gasteiger partial charge on any atom is 0.191 e. The summed E-state index contributed by atoms with van der Waals surface area (Å²) in [6.45, 7) is 11.1. The molecule has 2 N–H and O–H groups in total. The molecule has 1 fully saturated rings. The first-order chi connectivity index (χ1) is 9.43. The Bertz CT molecular complexity index is 302. The van der Waals surface area contributed by atoms with Crippen LogP contribution < -0.4 is 10.6 Å². The van der Waals surface area contributed by atoms with Gasteiger partial charge in [-0.3, -0.25) is 4.99 Å². The second kappa shape index (κ2) is 10.6. The van der Waals surface area contributed by atoms with Gasteiger partial charge >= 0.3 is 0 Å². The van der Waals surface area contributed by atoms with Crippen molar-refractivity contribution in [3.05, 3.63) is 0 Å². The van der Waals surface area contributed by atoms with Crippen LogP contribution in [0.3, 0.4) is 0 Å². The summed E-state index contributed by atoms with van der Waals surface area (Å²) in [6, 6.07) is 0. The number of nitrogens with one attached hydrogen (secondary N) is 2. The van der Waals surface area contributed by atoms with Crippen LogP contribution in [-0.2, 0) is 4.74 Å². The van der Waals surface area contributed by atoms with Crippen molar-refractivity contribution in [2.75, 3.05) is 46.9 Å². The van der Waals surface area contributed by atoms with E-state index in [-0.39, 0.29) is 29.4 Å². The molecule has 6 heteroatoms. The number of hydrogen-bond acceptors (Lipinski definition) is 3. The predicted molar refractivity (Wildman–Crippen MR) is 101 cm³/mol. The average molecular weight is 412 g/mol. The molecule has 1 rings (SSSR count). The van der Waals surface area contributed by atoms with Gasteiger partial charge in [0.2, 0.25) is 0 Å². The first-order valence-corrected chi connectivity index (χ1v) is 7.71. The topological polar surface area (TPSA) is 48.9 Å². The van der Waals surface area contributed by atoms with Crippen molar-refractivity contribution < 1.29 is 4.74 Å². The van der Waals surface area contributed by atoms with Crippen molar-refractivity contribution >= 4 is 29.9 Å². The highest BCUT2D eigenvalue weighted by Crippen LogP contribution is 2.16. The number of aliphatic imine (C=N–C) groups is 1. The van der Waals surface area contributed by atoms with Crippen molar-refractivity contribution in [2.24, 2.45) is 10.4 Å². The van der Waals surface area contributed by atoms with E-state index < -0.39 is 0 Å². The van der Waals surface area contributed by atoms with Crippen LogP contribution in [0, 0.1) is 5.41 Å². The quantitative estimate of drug-likeness (QED) is 0.381. The molecule has 0 saturated carbocycles. The van der Waals surface area contributed by atoms with Gasteiger partial charge in [0.05, 0.1) is 6.10 Å². The van der Waals surface area contributed by atoms with Crippen molar-refractivity contribution in [1.29, 1.82) is 0 Å². The Morgan fingerprint density at radius 1 is 1.33 bits per heavy atom. The summed E-state index contributed by atoms with van der Waals surface area (Å²) in [5, 5.41) is 6.69. The fraction of sp³-hybridized carbons (Fsp3) is 0.933. The van der Waals surface area contributed by atoms with Gasteiger partial charge in [-0.05, 0) is 39.3 Å². The van der Waals surface area contributed by atoms with E-state index in [0.29, 0.717) is 6.10 Å². The van der Waals surface area contributed by atoms with E-state index in [1.165, 1.54) is 6.42 Å². The molecule has 1 atom stereocenters. The molecular formula is C15H33IN4O. The zero-order valence-electron chi connectivity index (χ0n) is 14.2. The minimum Gasteiger partial charge on any atom is -0.376 e. The summed E-state index contributed by atoms with van der Waals surface area (Å²) in [7, 11) is 4.21. The third-order valence-electron chi connectivity index (χ3n) is 3.27. The summed E-state index contributed by atoms with van der Waals surface area (Å²) in [5.74, 6) is 0.898. The molecule has 1 heterocycles. The Morgan fingerprint density at radius 3 is 2.57 bits per heavy atom. The molecule has 1 saturated heterocycles. The minimum absolute atomic E-state index is 0. The van der Waals surface area contributed by atoms with Gasteiger partial charge in [0, 0.05) is 32.8 Å². The highest BCUT2D eigenvalue weighted by molar-refractivity contribution is 14.0. The van der Waals surface area contributed by atoms with Gasteiger partial charge in [0.1, 0.15) is 0 Å². The SMILES string of the molecule is CCNC(=NCC(C)(C)CN(C)C)NCC1CCCO1.I. The molecule has 126 valence electrons. The van der Waals surface area contributed by atoms with Crippen LogP contribution in [0.25, 0.3) is 0 Å². The lowest BCUT2D eigenvalue weighted by Gasteiger charge is -2.27. The van der Waals surface area contributed by atoms with Gasteiger partial charge in [-0.15, -0.1) is 24.0 Å². The van der Waals surface area contributed by atoms with E-state index in [1.54, 1.807) is 0 Å². The molecule has 0 aromatic heterocycles. The van der Waals surface area contributed by atoms with Crippen LogP contribution in [0.5, 0.6) is 0 Å². The van der Waals surface area contributed by atoms with Crippen LogP contribution in [0.4, 0.5) is 0 Å². The van der Waals surface area contributed by atoms with Crippen molar-refractivity contribution in [3.8, 4) is 0 Å². The van der Waals surface area contributed by atoms with Gasteiger partial charge in [0.15, 0.2) is 5.96 Å². The smallest absolute Gasteiger partial charge is 0.191 e. The van der Waals surface area contributed by atoms with E-state index in [1.807, 2.05) is 0 Å². The predicted octanol–water partition coefficient (Wildman–Crippen LogP) is 1.93. The summed E-state index contributed by atoms with van der Waals surface area (Å²) < 4.78 is 5.63. The summed E-state index contributed by atoms with van der Waals surface area (Å²) in [4.78, 5) is 6.92. The summed E-state index contributed by atoms with van der Waals surface area (Å²) >= 11 is 0. The van der Waals surface area contributed by atoms with Gasteiger partial charge in [-0.1, -0.05) is 13.8 Å². The highest BCUT2D eigenvalue weighted by Gasteiger charge is 2.19. The maximum absolute atomic E-state index is 5.63. The Hall–Kier alpha value is -0.0800. The lowest BCUT2D eigenvalue weighted by molar-refractivity contribution is 0.113. The number of nitrogens with zero attached hydrogens (tertiary/aromatic N) is 2. The summed E-state index contributed by atoms with van der Waals surface area (Å²) in [5.41, 5.74) is 0.176. The Balaban J connectivity index is 0.00000400. The summed E-state index contributed by atoms with van der Waals surface area (Å²) in [6.07, 6.45) is 2.67. The molecule has 1 aliphatic heterocycles. The van der Waals surface area contributed by atoms with Crippen LogP contribution in [0.2, 0.25) is 0 Å². The molecule has 5 nitrogen and oxygen atoms in total. The number of halogens is 1. The number of guanidine groups is 1. The third-order valence-corrected chi connectivity index (χ3v) is 3.27. The van der Waals surface area contributed by atoms with Gasteiger partial charge in [-0.25, -0.2) is 0 Å². The zero-order valence-corrected chi connectivity index (χ0v) is 16.6. The molecule has 0 aromatic carbocycles. The van der Waals surface area contributed by atoms with Gasteiger partial charge < -0.3 is 20.3 Å². The van der Waals surface area contributed by atoms with Crippen LogP contribution in [0.15, 0.2) is 4.99 Å². The lowest BCUT2D eigenvalue weighted by Crippen LogP contribution is -2.42. The normalized spacial score (nSPS) is 19.5. The Kier molecular flexibility index (Phi) is 10.6. The van der Waals surface area contributed by atoms with Crippen LogP contribution in [-0.4, -0.2) is 63.8 Å². The standard InChI is InChI=1S/C15H32N4O.HI/c1-6-16-14(17-10-13-8-7-9-20-13)18-11-15(2,3)12-19(4)5;/h13H,6-12H2,1-5H3,(H2,16,17,18);1H. The molecular weight excluding hydrogens is 379 g/mol. The monoisotopic (exact) mass is 412 g/mol. The number of hydrogen-bond donors (Lipinski definition) is 2. The van der Waals surface area contributed by atoms with E-state index in [0.717, 1.165) is 45.2 Å². The zero-order chi connectivity index (χ0) is 15.0. The molecule has 0 aromatic rings. The number of rotatable bonds is 7. The van der Waals surface area contributed by atoms with E-state index in [2.05, 4.69) is 50.4 Å². The van der Waals surface area contributed by atoms with Gasteiger partial charge in [-0.2, -0.15) is 0 Å². The van der Waals surface area contributed by atoms with E-state index in [9.17, 15) is 0 Å². The van der Waals surface area contributed by atoms with Crippen molar-refractivity contribution in [1.82, 2.24) is 15.5 Å². The molecule has 0 aliphatic carbocycles. The second-order valence-electron chi connectivity index (χ2n) is 6.61. The first-order valence-electron chi connectivity index (χ1n) is 7.71.